The second-order valence-corrected chi connectivity index (χ2v) is 9.98. The maximum atomic E-state index is 12.3. The van der Waals surface area contributed by atoms with E-state index in [1.54, 1.807) is 0 Å². The van der Waals surface area contributed by atoms with Crippen LogP contribution in [0.15, 0.2) is 91.0 Å². The van der Waals surface area contributed by atoms with Gasteiger partial charge in [-0.1, -0.05) is 91.0 Å². The van der Waals surface area contributed by atoms with Crippen molar-refractivity contribution in [2.24, 2.45) is 0 Å². The van der Waals surface area contributed by atoms with Crippen molar-refractivity contribution in [3.05, 3.63) is 108 Å². The van der Waals surface area contributed by atoms with Gasteiger partial charge in [-0.2, -0.15) is 0 Å². The summed E-state index contributed by atoms with van der Waals surface area (Å²) in [6, 6.07) is 29.3. The Morgan fingerprint density at radius 2 is 1.26 bits per heavy atom. The van der Waals surface area contributed by atoms with E-state index in [-0.39, 0.29) is 18.6 Å². The molecule has 208 valence electrons. The number of carbonyl (C=O) groups excluding carboxylic acids is 1. The number of amides is 1. The molecule has 5 atom stereocenters. The van der Waals surface area contributed by atoms with Gasteiger partial charge in [0.25, 0.3) is 0 Å². The van der Waals surface area contributed by atoms with Crippen LogP contribution in [0.2, 0.25) is 0 Å². The third-order valence-corrected chi connectivity index (χ3v) is 6.39. The van der Waals surface area contributed by atoms with Gasteiger partial charge in [0.15, 0.2) is 6.29 Å². The van der Waals surface area contributed by atoms with E-state index < -0.39 is 30.6 Å². The summed E-state index contributed by atoms with van der Waals surface area (Å²) >= 11 is 0. The Morgan fingerprint density at radius 1 is 0.769 bits per heavy atom. The van der Waals surface area contributed by atoms with Crippen LogP contribution in [0.5, 0.6) is 0 Å². The van der Waals surface area contributed by atoms with Gasteiger partial charge in [-0.15, -0.1) is 0 Å². The first-order valence-electron chi connectivity index (χ1n) is 13.5. The molecular formula is C32H39NO6. The molecule has 0 radical (unpaired) electrons. The van der Waals surface area contributed by atoms with Gasteiger partial charge < -0.3 is 29.0 Å². The summed E-state index contributed by atoms with van der Waals surface area (Å²) in [7, 11) is 0. The summed E-state index contributed by atoms with van der Waals surface area (Å²) in [6.07, 6.45) is -2.45. The highest BCUT2D eigenvalue weighted by Crippen LogP contribution is 2.30. The molecule has 1 fully saturated rings. The monoisotopic (exact) mass is 533 g/mol. The maximum absolute atomic E-state index is 12.3. The molecule has 0 aromatic heterocycles. The average molecular weight is 534 g/mol. The van der Waals surface area contributed by atoms with Crippen molar-refractivity contribution in [3.8, 4) is 0 Å². The third-order valence-electron chi connectivity index (χ3n) is 6.39. The highest BCUT2D eigenvalue weighted by Gasteiger charge is 2.49. The number of ether oxygens (including phenoxy) is 5. The lowest BCUT2D eigenvalue weighted by molar-refractivity contribution is -0.297. The molecule has 0 aliphatic carbocycles. The van der Waals surface area contributed by atoms with Crippen molar-refractivity contribution in [1.82, 2.24) is 5.32 Å². The van der Waals surface area contributed by atoms with Gasteiger partial charge in [0.2, 0.25) is 5.91 Å². The van der Waals surface area contributed by atoms with Crippen LogP contribution in [-0.4, -0.2) is 49.3 Å². The highest BCUT2D eigenvalue weighted by molar-refractivity contribution is 5.73. The quantitative estimate of drug-likeness (QED) is 0.332. The molecule has 0 bridgehead atoms. The largest absolute Gasteiger partial charge is 0.374 e. The summed E-state index contributed by atoms with van der Waals surface area (Å²) in [5.41, 5.74) is 3.11. The predicted molar refractivity (Wildman–Crippen MR) is 149 cm³/mol. The predicted octanol–water partition coefficient (Wildman–Crippen LogP) is 5.03. The second-order valence-electron chi connectivity index (χ2n) is 9.98. The van der Waals surface area contributed by atoms with Gasteiger partial charge >= 0.3 is 0 Å². The van der Waals surface area contributed by atoms with E-state index in [0.29, 0.717) is 19.8 Å². The van der Waals surface area contributed by atoms with E-state index in [1.807, 2.05) is 105 Å². The van der Waals surface area contributed by atoms with Gasteiger partial charge in [0.05, 0.1) is 32.5 Å². The van der Waals surface area contributed by atoms with Gasteiger partial charge in [-0.25, -0.2) is 0 Å². The lowest BCUT2D eigenvalue weighted by atomic mass is 9.95. The van der Waals surface area contributed by atoms with E-state index in [2.05, 4.69) is 5.32 Å². The Kier molecular flexibility index (Phi) is 11.1. The SMILES string of the molecule is CC(=O)N[C@@H]1[C@@H](OC(C)C)O[C@H](COCc2ccccc2)[C@@H](OCc2ccccc2)[C@@H]1OCc1ccccc1. The molecule has 4 rings (SSSR count). The topological polar surface area (TPSA) is 75.3 Å². The molecule has 0 spiro atoms. The average Bonchev–Trinajstić information content (AvgIpc) is 2.94. The molecule has 7 heteroatoms. The maximum Gasteiger partial charge on any atom is 0.217 e. The van der Waals surface area contributed by atoms with Crippen LogP contribution in [0.3, 0.4) is 0 Å². The number of rotatable bonds is 13. The number of hydrogen-bond donors (Lipinski definition) is 1. The van der Waals surface area contributed by atoms with Crippen molar-refractivity contribution in [3.63, 3.8) is 0 Å². The summed E-state index contributed by atoms with van der Waals surface area (Å²) < 4.78 is 31.8. The Morgan fingerprint density at radius 3 is 1.74 bits per heavy atom. The Labute approximate surface area is 231 Å². The van der Waals surface area contributed by atoms with Crippen LogP contribution in [0.4, 0.5) is 0 Å². The van der Waals surface area contributed by atoms with Crippen molar-refractivity contribution < 1.29 is 28.5 Å². The normalized spacial score (nSPS) is 23.0. The molecule has 3 aromatic carbocycles. The summed E-state index contributed by atoms with van der Waals surface area (Å²) in [5.74, 6) is -0.199. The van der Waals surface area contributed by atoms with E-state index >= 15 is 0 Å². The smallest absolute Gasteiger partial charge is 0.217 e. The zero-order valence-electron chi connectivity index (χ0n) is 22.9. The molecule has 1 saturated heterocycles. The molecular weight excluding hydrogens is 494 g/mol. The van der Waals surface area contributed by atoms with Crippen molar-refractivity contribution in [2.75, 3.05) is 6.61 Å². The fourth-order valence-electron chi connectivity index (χ4n) is 4.61. The first kappa shape index (κ1) is 28.9. The molecule has 1 N–H and O–H groups in total. The molecule has 1 heterocycles. The van der Waals surface area contributed by atoms with Gasteiger partial charge in [-0.3, -0.25) is 4.79 Å². The number of carbonyl (C=O) groups is 1. The minimum absolute atomic E-state index is 0.131. The van der Waals surface area contributed by atoms with Crippen LogP contribution < -0.4 is 5.32 Å². The first-order chi connectivity index (χ1) is 19.0. The second kappa shape index (κ2) is 14.9. The van der Waals surface area contributed by atoms with E-state index in [0.717, 1.165) is 16.7 Å². The van der Waals surface area contributed by atoms with Crippen LogP contribution in [0.25, 0.3) is 0 Å². The fraction of sp³-hybridized carbons (Fsp3) is 0.406. The molecule has 1 amide bonds. The summed E-state index contributed by atoms with van der Waals surface area (Å²) in [5, 5.41) is 3.02. The Bertz CT molecular complexity index is 1110. The molecule has 1 aliphatic rings. The van der Waals surface area contributed by atoms with Crippen LogP contribution in [0, 0.1) is 0 Å². The number of nitrogens with one attached hydrogen (secondary N) is 1. The van der Waals surface area contributed by atoms with E-state index in [1.165, 1.54) is 6.92 Å². The number of hydrogen-bond acceptors (Lipinski definition) is 6. The Hall–Kier alpha value is -3.07. The molecule has 3 aromatic rings. The fourth-order valence-corrected chi connectivity index (χ4v) is 4.61. The van der Waals surface area contributed by atoms with E-state index in [4.69, 9.17) is 23.7 Å². The lowest BCUT2D eigenvalue weighted by Crippen LogP contribution is -2.66. The lowest BCUT2D eigenvalue weighted by Gasteiger charge is -2.46. The standard InChI is InChI=1S/C32H39NO6/c1-23(2)38-32-29(33-24(3)34)31(37-21-27-17-11-6-12-18-27)30(36-20-26-15-9-5-10-16-26)28(39-32)22-35-19-25-13-7-4-8-14-25/h4-18,23,28-32H,19-22H2,1-3H3,(H,33,34)/t28-,29+,30-,31-,32+/m1/s1. The summed E-state index contributed by atoms with van der Waals surface area (Å²) in [6.45, 7) is 6.77. The van der Waals surface area contributed by atoms with Crippen LogP contribution >= 0.6 is 0 Å². The van der Waals surface area contributed by atoms with Crippen molar-refractivity contribution >= 4 is 5.91 Å². The molecule has 39 heavy (non-hydrogen) atoms. The Balaban J connectivity index is 1.60. The molecule has 7 nitrogen and oxygen atoms in total. The molecule has 1 aliphatic heterocycles. The van der Waals surface area contributed by atoms with Crippen molar-refractivity contribution in [1.29, 1.82) is 0 Å². The number of benzene rings is 3. The van der Waals surface area contributed by atoms with Gasteiger partial charge in [-0.05, 0) is 30.5 Å². The van der Waals surface area contributed by atoms with Crippen LogP contribution in [0.1, 0.15) is 37.5 Å². The molecule has 0 unspecified atom stereocenters. The minimum atomic E-state index is -0.739. The van der Waals surface area contributed by atoms with Gasteiger partial charge in [0.1, 0.15) is 24.4 Å². The third kappa shape index (κ3) is 8.98. The highest BCUT2D eigenvalue weighted by atomic mass is 16.7. The zero-order valence-corrected chi connectivity index (χ0v) is 22.9. The zero-order chi connectivity index (χ0) is 27.5. The van der Waals surface area contributed by atoms with Gasteiger partial charge in [0, 0.05) is 6.92 Å². The first-order valence-corrected chi connectivity index (χ1v) is 13.5. The minimum Gasteiger partial charge on any atom is -0.374 e. The van der Waals surface area contributed by atoms with Crippen molar-refractivity contribution in [2.45, 2.75) is 77.3 Å². The van der Waals surface area contributed by atoms with E-state index in [9.17, 15) is 4.79 Å². The van der Waals surface area contributed by atoms with Crippen LogP contribution in [-0.2, 0) is 48.3 Å². The molecule has 0 saturated carbocycles. The summed E-state index contributed by atoms with van der Waals surface area (Å²) in [4.78, 5) is 12.3.